The van der Waals surface area contributed by atoms with Crippen LogP contribution in [-0.4, -0.2) is 26.2 Å². The molecule has 16 heavy (non-hydrogen) atoms. The molecule has 0 rings (SSSR count). The van der Waals surface area contributed by atoms with Crippen molar-refractivity contribution in [2.75, 3.05) is 26.2 Å². The SMILES string of the molecule is Cl.Cl.Cl.NCCCCCNCCCCCN. The minimum Gasteiger partial charge on any atom is -0.330 e. The summed E-state index contributed by atoms with van der Waals surface area (Å²) >= 11 is 0. The molecule has 0 unspecified atom stereocenters. The van der Waals surface area contributed by atoms with Crippen LogP contribution in [-0.2, 0) is 0 Å². The maximum Gasteiger partial charge on any atom is -0.00489 e. The summed E-state index contributed by atoms with van der Waals surface area (Å²) in [7, 11) is 0. The standard InChI is InChI=1S/C10H25N3.3ClH/c11-7-3-1-5-9-13-10-6-2-4-8-12;;;/h13H,1-12H2;3*1H. The molecule has 0 spiro atoms. The van der Waals surface area contributed by atoms with E-state index in [9.17, 15) is 0 Å². The van der Waals surface area contributed by atoms with E-state index >= 15 is 0 Å². The molecule has 0 amide bonds. The summed E-state index contributed by atoms with van der Waals surface area (Å²) < 4.78 is 0. The van der Waals surface area contributed by atoms with Crippen molar-refractivity contribution in [2.45, 2.75) is 38.5 Å². The van der Waals surface area contributed by atoms with Gasteiger partial charge in [0.05, 0.1) is 0 Å². The highest BCUT2D eigenvalue weighted by molar-refractivity contribution is 5.86. The van der Waals surface area contributed by atoms with E-state index in [4.69, 9.17) is 11.5 Å². The number of nitrogens with one attached hydrogen (secondary N) is 1. The Morgan fingerprint density at radius 2 is 0.938 bits per heavy atom. The van der Waals surface area contributed by atoms with Crippen LogP contribution in [0.3, 0.4) is 0 Å². The van der Waals surface area contributed by atoms with Crippen LogP contribution in [0.2, 0.25) is 0 Å². The Balaban J connectivity index is -0.000000240. The summed E-state index contributed by atoms with van der Waals surface area (Å²) in [6, 6.07) is 0. The zero-order chi connectivity index (χ0) is 9.78. The largest absolute Gasteiger partial charge is 0.330 e. The van der Waals surface area contributed by atoms with Crippen LogP contribution < -0.4 is 16.8 Å². The normalized spacial score (nSPS) is 8.62. The van der Waals surface area contributed by atoms with E-state index in [0.29, 0.717) is 0 Å². The highest BCUT2D eigenvalue weighted by Gasteiger charge is 1.89. The van der Waals surface area contributed by atoms with Crippen LogP contribution in [0, 0.1) is 0 Å². The second-order valence-electron chi connectivity index (χ2n) is 3.45. The van der Waals surface area contributed by atoms with Gasteiger partial charge >= 0.3 is 0 Å². The van der Waals surface area contributed by atoms with Crippen molar-refractivity contribution in [3.8, 4) is 0 Å². The van der Waals surface area contributed by atoms with Gasteiger partial charge in [-0.2, -0.15) is 0 Å². The molecule has 0 aliphatic carbocycles. The number of nitrogens with two attached hydrogens (primary N) is 2. The van der Waals surface area contributed by atoms with Gasteiger partial charge in [-0.3, -0.25) is 0 Å². The average molecular weight is 297 g/mol. The number of unbranched alkanes of at least 4 members (excludes halogenated alkanes) is 4. The first-order valence-electron chi connectivity index (χ1n) is 5.52. The smallest absolute Gasteiger partial charge is 0.00489 e. The highest BCUT2D eigenvalue weighted by atomic mass is 35.5. The van der Waals surface area contributed by atoms with E-state index in [-0.39, 0.29) is 37.2 Å². The molecule has 0 aromatic carbocycles. The van der Waals surface area contributed by atoms with Gasteiger partial charge in [0, 0.05) is 0 Å². The van der Waals surface area contributed by atoms with Crippen LogP contribution in [0.4, 0.5) is 0 Å². The van der Waals surface area contributed by atoms with Crippen LogP contribution >= 0.6 is 37.2 Å². The third kappa shape index (κ3) is 24.1. The minimum absolute atomic E-state index is 0. The molecule has 6 heteroatoms. The first kappa shape index (κ1) is 25.6. The Morgan fingerprint density at radius 3 is 1.25 bits per heavy atom. The van der Waals surface area contributed by atoms with Crippen molar-refractivity contribution in [3.05, 3.63) is 0 Å². The molecule has 0 saturated carbocycles. The number of rotatable bonds is 10. The van der Waals surface area contributed by atoms with E-state index in [0.717, 1.165) is 39.0 Å². The fourth-order valence-electron chi connectivity index (χ4n) is 1.27. The molecular weight excluding hydrogens is 268 g/mol. The molecule has 104 valence electrons. The summed E-state index contributed by atoms with van der Waals surface area (Å²) in [5, 5.41) is 3.42. The van der Waals surface area contributed by atoms with E-state index in [1.165, 1.54) is 25.7 Å². The van der Waals surface area contributed by atoms with Crippen molar-refractivity contribution in [1.29, 1.82) is 0 Å². The van der Waals surface area contributed by atoms with Crippen LogP contribution in [0.1, 0.15) is 38.5 Å². The van der Waals surface area contributed by atoms with Crippen molar-refractivity contribution in [2.24, 2.45) is 11.5 Å². The fourth-order valence-corrected chi connectivity index (χ4v) is 1.27. The Bertz CT molecular complexity index is 87.4. The quantitative estimate of drug-likeness (QED) is 0.541. The maximum absolute atomic E-state index is 5.39. The predicted molar refractivity (Wildman–Crippen MR) is 80.4 cm³/mol. The topological polar surface area (TPSA) is 64.1 Å². The summed E-state index contributed by atoms with van der Waals surface area (Å²) in [6.45, 7) is 3.94. The maximum atomic E-state index is 5.39. The van der Waals surface area contributed by atoms with Crippen molar-refractivity contribution < 1.29 is 0 Å². The average Bonchev–Trinajstić information content (AvgIpc) is 2.16. The zero-order valence-corrected chi connectivity index (χ0v) is 12.4. The first-order valence-corrected chi connectivity index (χ1v) is 5.52. The lowest BCUT2D eigenvalue weighted by Crippen LogP contribution is -2.17. The molecule has 0 atom stereocenters. The monoisotopic (exact) mass is 295 g/mol. The minimum atomic E-state index is 0. The lowest BCUT2D eigenvalue weighted by Gasteiger charge is -2.03. The molecule has 0 aliphatic heterocycles. The Kier molecular flexibility index (Phi) is 39.6. The summed E-state index contributed by atoms with van der Waals surface area (Å²) in [4.78, 5) is 0. The lowest BCUT2D eigenvalue weighted by atomic mass is 10.2. The summed E-state index contributed by atoms with van der Waals surface area (Å²) in [6.07, 6.45) is 7.35. The molecular formula is C10H28Cl3N3. The molecule has 0 heterocycles. The fraction of sp³-hybridized carbons (Fsp3) is 1.00. The second-order valence-corrected chi connectivity index (χ2v) is 3.45. The van der Waals surface area contributed by atoms with Gasteiger partial charge < -0.3 is 16.8 Å². The molecule has 5 N–H and O–H groups in total. The molecule has 0 bridgehead atoms. The Morgan fingerprint density at radius 1 is 0.562 bits per heavy atom. The summed E-state index contributed by atoms with van der Waals surface area (Å²) in [5.41, 5.74) is 10.8. The predicted octanol–water partition coefficient (Wildman–Crippen LogP) is 2.10. The molecule has 3 nitrogen and oxygen atoms in total. The lowest BCUT2D eigenvalue weighted by molar-refractivity contribution is 0.572. The number of hydrogen-bond acceptors (Lipinski definition) is 3. The molecule has 0 saturated heterocycles. The van der Waals surface area contributed by atoms with Gasteiger partial charge in [0.25, 0.3) is 0 Å². The second kappa shape index (κ2) is 24.8. The van der Waals surface area contributed by atoms with E-state index < -0.39 is 0 Å². The van der Waals surface area contributed by atoms with Gasteiger partial charge in [-0.05, 0) is 51.9 Å². The van der Waals surface area contributed by atoms with Gasteiger partial charge in [-0.1, -0.05) is 12.8 Å². The number of halogens is 3. The number of hydrogen-bond donors (Lipinski definition) is 3. The van der Waals surface area contributed by atoms with Crippen LogP contribution in [0.5, 0.6) is 0 Å². The Labute approximate surface area is 119 Å². The van der Waals surface area contributed by atoms with Gasteiger partial charge in [0.2, 0.25) is 0 Å². The highest BCUT2D eigenvalue weighted by Crippen LogP contribution is 1.93. The molecule has 0 aromatic heterocycles. The molecule has 0 fully saturated rings. The van der Waals surface area contributed by atoms with Gasteiger partial charge in [-0.25, -0.2) is 0 Å². The van der Waals surface area contributed by atoms with Crippen molar-refractivity contribution in [1.82, 2.24) is 5.32 Å². The molecule has 0 radical (unpaired) electrons. The van der Waals surface area contributed by atoms with Gasteiger partial charge in [-0.15, -0.1) is 37.2 Å². The summed E-state index contributed by atoms with van der Waals surface area (Å²) in [5.74, 6) is 0. The van der Waals surface area contributed by atoms with Crippen molar-refractivity contribution >= 4 is 37.2 Å². The third-order valence-corrected chi connectivity index (χ3v) is 2.12. The zero-order valence-electron chi connectivity index (χ0n) is 9.95. The molecule has 0 aliphatic rings. The first-order chi connectivity index (χ1) is 6.41. The van der Waals surface area contributed by atoms with E-state index in [1.54, 1.807) is 0 Å². The van der Waals surface area contributed by atoms with Crippen LogP contribution in [0.15, 0.2) is 0 Å². The van der Waals surface area contributed by atoms with E-state index in [1.807, 2.05) is 0 Å². The van der Waals surface area contributed by atoms with Crippen LogP contribution in [0.25, 0.3) is 0 Å². The van der Waals surface area contributed by atoms with Gasteiger partial charge in [0.15, 0.2) is 0 Å². The van der Waals surface area contributed by atoms with Crippen molar-refractivity contribution in [3.63, 3.8) is 0 Å². The van der Waals surface area contributed by atoms with Gasteiger partial charge in [0.1, 0.15) is 0 Å². The van der Waals surface area contributed by atoms with E-state index in [2.05, 4.69) is 5.32 Å². The third-order valence-electron chi connectivity index (χ3n) is 2.12. The Hall–Kier alpha value is 0.750. The molecule has 0 aromatic rings.